The van der Waals surface area contributed by atoms with Gasteiger partial charge in [-0.25, -0.2) is 9.79 Å². The minimum Gasteiger partial charge on any atom is -0.493 e. The van der Waals surface area contributed by atoms with E-state index in [2.05, 4.69) is 18.8 Å². The largest absolute Gasteiger partial charge is 0.493 e. The number of fused-ring (bicyclic) bond motifs is 1. The Hall–Kier alpha value is -4.14. The monoisotopic (exact) mass is 616 g/mol. The van der Waals surface area contributed by atoms with E-state index in [-0.39, 0.29) is 12.2 Å². The molecule has 0 bridgehead atoms. The van der Waals surface area contributed by atoms with Crippen molar-refractivity contribution in [2.45, 2.75) is 46.3 Å². The van der Waals surface area contributed by atoms with Crippen molar-refractivity contribution in [3.8, 4) is 11.5 Å². The molecule has 0 saturated carbocycles. The topological polar surface area (TPSA) is 79.1 Å². The van der Waals surface area contributed by atoms with Crippen molar-refractivity contribution in [2.75, 3.05) is 13.7 Å². The Morgan fingerprint density at radius 1 is 1.07 bits per heavy atom. The number of benzene rings is 3. The molecule has 1 atom stereocenters. The number of carbonyl (C=O) groups is 1. The van der Waals surface area contributed by atoms with E-state index in [1.54, 1.807) is 31.6 Å². The third-order valence-electron chi connectivity index (χ3n) is 7.23. The van der Waals surface area contributed by atoms with E-state index in [4.69, 9.17) is 25.8 Å². The lowest BCUT2D eigenvalue weighted by atomic mass is 9.93. The Morgan fingerprint density at radius 3 is 2.44 bits per heavy atom. The molecule has 0 N–H and O–H groups in total. The van der Waals surface area contributed by atoms with E-state index in [0.29, 0.717) is 49.7 Å². The van der Waals surface area contributed by atoms with Gasteiger partial charge >= 0.3 is 5.97 Å². The highest BCUT2D eigenvalue weighted by atomic mass is 35.5. The van der Waals surface area contributed by atoms with Gasteiger partial charge in [-0.1, -0.05) is 79.2 Å². The number of nitrogens with zero attached hydrogens (tertiary/aromatic N) is 2. The van der Waals surface area contributed by atoms with Gasteiger partial charge in [0.25, 0.3) is 5.56 Å². The summed E-state index contributed by atoms with van der Waals surface area (Å²) in [6.07, 6.45) is 1.80. The zero-order valence-electron chi connectivity index (χ0n) is 24.7. The van der Waals surface area contributed by atoms with Crippen molar-refractivity contribution in [2.24, 2.45) is 4.99 Å². The average Bonchev–Trinajstić information content (AvgIpc) is 3.30. The lowest BCUT2D eigenvalue weighted by molar-refractivity contribution is -0.139. The van der Waals surface area contributed by atoms with Crippen molar-refractivity contribution >= 4 is 35.0 Å². The first-order chi connectivity index (χ1) is 20.7. The summed E-state index contributed by atoms with van der Waals surface area (Å²) < 4.78 is 19.1. The third kappa shape index (κ3) is 6.45. The fraction of sp³-hybridized carbons (Fsp3) is 0.265. The van der Waals surface area contributed by atoms with Crippen LogP contribution in [0.3, 0.4) is 0 Å². The van der Waals surface area contributed by atoms with Crippen LogP contribution in [0.25, 0.3) is 6.08 Å². The Labute approximate surface area is 259 Å². The molecule has 0 fully saturated rings. The first-order valence-corrected chi connectivity index (χ1v) is 15.2. The molecule has 0 unspecified atom stereocenters. The number of hydrogen-bond acceptors (Lipinski definition) is 7. The molecule has 1 aliphatic rings. The van der Waals surface area contributed by atoms with Gasteiger partial charge in [0, 0.05) is 5.02 Å². The lowest BCUT2D eigenvalue weighted by Crippen LogP contribution is -2.39. The van der Waals surface area contributed by atoms with E-state index in [0.717, 1.165) is 16.7 Å². The van der Waals surface area contributed by atoms with Gasteiger partial charge in [-0.2, -0.15) is 0 Å². The fourth-order valence-corrected chi connectivity index (χ4v) is 6.13. The fourth-order valence-electron chi connectivity index (χ4n) is 4.96. The van der Waals surface area contributed by atoms with Gasteiger partial charge in [-0.15, -0.1) is 0 Å². The van der Waals surface area contributed by atoms with Crippen LogP contribution < -0.4 is 24.4 Å². The second-order valence-electron chi connectivity index (χ2n) is 10.4. The Bertz CT molecular complexity index is 1850. The highest BCUT2D eigenvalue weighted by molar-refractivity contribution is 7.07. The molecule has 0 saturated heterocycles. The number of carbonyl (C=O) groups excluding carboxylic acids is 1. The SMILES string of the molecule is CCOC(=O)C1=C(C)N=c2s/c(=C\c3ccc(OCc4ccc(Cl)cc4)c(OC)c3)c(=O)n2[C@@H]1c1ccc(C(C)C)cc1. The Kier molecular flexibility index (Phi) is 9.18. The predicted molar refractivity (Wildman–Crippen MR) is 170 cm³/mol. The van der Waals surface area contributed by atoms with Crippen molar-refractivity contribution in [3.05, 3.63) is 125 Å². The van der Waals surface area contributed by atoms with Gasteiger partial charge in [0.15, 0.2) is 16.3 Å². The lowest BCUT2D eigenvalue weighted by Gasteiger charge is -2.25. The van der Waals surface area contributed by atoms with Gasteiger partial charge < -0.3 is 14.2 Å². The predicted octanol–water partition coefficient (Wildman–Crippen LogP) is 6.16. The van der Waals surface area contributed by atoms with Crippen LogP contribution in [0.15, 0.2) is 87.8 Å². The minimum atomic E-state index is -0.656. The molecule has 7 nitrogen and oxygen atoms in total. The van der Waals surface area contributed by atoms with Crippen LogP contribution in [0.1, 0.15) is 61.9 Å². The van der Waals surface area contributed by atoms with Gasteiger partial charge in [0.2, 0.25) is 0 Å². The van der Waals surface area contributed by atoms with E-state index in [1.807, 2.05) is 66.7 Å². The smallest absolute Gasteiger partial charge is 0.338 e. The van der Waals surface area contributed by atoms with Crippen LogP contribution in [0.5, 0.6) is 11.5 Å². The number of aromatic nitrogens is 1. The number of halogens is 1. The summed E-state index contributed by atoms with van der Waals surface area (Å²) in [4.78, 5) is 32.3. The molecule has 1 aliphatic heterocycles. The maximum absolute atomic E-state index is 14.0. The zero-order chi connectivity index (χ0) is 30.7. The van der Waals surface area contributed by atoms with Gasteiger partial charge in [0.1, 0.15) is 6.61 Å². The van der Waals surface area contributed by atoms with Crippen molar-refractivity contribution < 1.29 is 19.0 Å². The molecule has 0 aliphatic carbocycles. The summed E-state index contributed by atoms with van der Waals surface area (Å²) in [6.45, 7) is 8.37. The summed E-state index contributed by atoms with van der Waals surface area (Å²) in [7, 11) is 1.58. The van der Waals surface area contributed by atoms with Crippen molar-refractivity contribution in [3.63, 3.8) is 0 Å². The summed E-state index contributed by atoms with van der Waals surface area (Å²) in [5, 5.41) is 0.665. The average molecular weight is 617 g/mol. The van der Waals surface area contributed by atoms with E-state index in [9.17, 15) is 9.59 Å². The number of ether oxygens (including phenoxy) is 3. The van der Waals surface area contributed by atoms with Crippen LogP contribution in [-0.4, -0.2) is 24.3 Å². The molecule has 5 rings (SSSR count). The molecule has 3 aromatic carbocycles. The second-order valence-corrected chi connectivity index (χ2v) is 11.9. The quantitative estimate of drug-likeness (QED) is 0.210. The molecule has 0 spiro atoms. The normalized spacial score (nSPS) is 14.9. The van der Waals surface area contributed by atoms with Gasteiger partial charge in [0.05, 0.1) is 35.6 Å². The summed E-state index contributed by atoms with van der Waals surface area (Å²) >= 11 is 7.26. The number of methoxy groups -OCH3 is 1. The third-order valence-corrected chi connectivity index (χ3v) is 8.46. The van der Waals surface area contributed by atoms with Crippen molar-refractivity contribution in [1.82, 2.24) is 4.57 Å². The van der Waals surface area contributed by atoms with Crippen LogP contribution in [-0.2, 0) is 16.1 Å². The number of thiazole rings is 1. The number of hydrogen-bond donors (Lipinski definition) is 0. The molecular weight excluding hydrogens is 584 g/mol. The molecule has 222 valence electrons. The molecule has 43 heavy (non-hydrogen) atoms. The maximum Gasteiger partial charge on any atom is 0.338 e. The van der Waals surface area contributed by atoms with E-state index >= 15 is 0 Å². The molecular formula is C34H33ClN2O5S. The Balaban J connectivity index is 1.54. The number of allylic oxidation sites excluding steroid dienone is 1. The van der Waals surface area contributed by atoms with Gasteiger partial charge in [-0.3, -0.25) is 9.36 Å². The van der Waals surface area contributed by atoms with Crippen LogP contribution >= 0.6 is 22.9 Å². The molecule has 4 aromatic rings. The second kappa shape index (κ2) is 13.0. The molecule has 2 heterocycles. The van der Waals surface area contributed by atoms with Crippen LogP contribution in [0, 0.1) is 0 Å². The van der Waals surface area contributed by atoms with E-state index in [1.165, 1.54) is 16.9 Å². The summed E-state index contributed by atoms with van der Waals surface area (Å²) in [5.41, 5.74) is 4.39. The first kappa shape index (κ1) is 30.3. The van der Waals surface area contributed by atoms with Gasteiger partial charge in [-0.05, 0) is 72.4 Å². The number of rotatable bonds is 9. The highest BCUT2D eigenvalue weighted by Gasteiger charge is 2.33. The highest BCUT2D eigenvalue weighted by Crippen LogP contribution is 2.32. The molecule has 0 amide bonds. The van der Waals surface area contributed by atoms with Crippen molar-refractivity contribution in [1.29, 1.82) is 0 Å². The summed E-state index contributed by atoms with van der Waals surface area (Å²) in [6, 6.07) is 20.3. The maximum atomic E-state index is 14.0. The molecule has 0 radical (unpaired) electrons. The number of esters is 1. The van der Waals surface area contributed by atoms with Crippen LogP contribution in [0.2, 0.25) is 5.02 Å². The Morgan fingerprint density at radius 2 is 1.79 bits per heavy atom. The van der Waals surface area contributed by atoms with E-state index < -0.39 is 12.0 Å². The molecule has 1 aromatic heterocycles. The zero-order valence-corrected chi connectivity index (χ0v) is 26.3. The molecule has 9 heteroatoms. The summed E-state index contributed by atoms with van der Waals surface area (Å²) in [5.74, 6) is 0.994. The standard InChI is InChI=1S/C34H33ClN2O5S/c1-6-41-33(39)30-21(4)36-34-37(31(30)25-12-10-24(11-13-25)20(2)3)32(38)29(43-34)18-23-9-16-27(28(17-23)40-5)42-19-22-7-14-26(35)15-8-22/h7-18,20,31H,6,19H2,1-5H3/b29-18-/t31-/m1/s1. The minimum absolute atomic E-state index is 0.223. The van der Waals surface area contributed by atoms with Crippen LogP contribution in [0.4, 0.5) is 0 Å². The first-order valence-electron chi connectivity index (χ1n) is 14.0.